The number of anilines is 2. The molecule has 0 spiro atoms. The van der Waals surface area contributed by atoms with Gasteiger partial charge in [0, 0.05) is 5.69 Å². The van der Waals surface area contributed by atoms with Crippen molar-refractivity contribution in [2.24, 2.45) is 0 Å². The highest BCUT2D eigenvalue weighted by Crippen LogP contribution is 2.36. The molecule has 174 valence electrons. The Hall–Kier alpha value is -3.94. The highest BCUT2D eigenvalue weighted by molar-refractivity contribution is 6.46. The summed E-state index contributed by atoms with van der Waals surface area (Å²) in [7, 11) is 0. The Bertz CT molecular complexity index is 1280. The Balaban J connectivity index is 1.78. The van der Waals surface area contributed by atoms with Crippen LogP contribution >= 0.6 is 0 Å². The fourth-order valence-electron chi connectivity index (χ4n) is 3.69. The number of imide groups is 1. The van der Waals surface area contributed by atoms with Crippen molar-refractivity contribution in [2.75, 3.05) is 10.2 Å². The van der Waals surface area contributed by atoms with Gasteiger partial charge < -0.3 is 5.32 Å². The first-order valence-electron chi connectivity index (χ1n) is 10.5. The molecule has 0 aromatic heterocycles. The number of rotatable bonds is 5. The molecule has 1 N–H and O–H groups in total. The first kappa shape index (κ1) is 23.2. The maximum absolute atomic E-state index is 13.5. The Morgan fingerprint density at radius 2 is 1.50 bits per heavy atom. The maximum Gasteiger partial charge on any atom is 0.416 e. The molecule has 0 saturated heterocycles. The zero-order chi connectivity index (χ0) is 24.6. The molecule has 0 fully saturated rings. The predicted molar refractivity (Wildman–Crippen MR) is 121 cm³/mol. The number of amides is 2. The van der Waals surface area contributed by atoms with Gasteiger partial charge in [0.15, 0.2) is 0 Å². The molecule has 2 amide bonds. The first-order valence-corrected chi connectivity index (χ1v) is 10.5. The van der Waals surface area contributed by atoms with Crippen molar-refractivity contribution in [3.63, 3.8) is 0 Å². The van der Waals surface area contributed by atoms with Crippen LogP contribution in [0.3, 0.4) is 0 Å². The lowest BCUT2D eigenvalue weighted by Gasteiger charge is -2.17. The van der Waals surface area contributed by atoms with Crippen molar-refractivity contribution in [3.8, 4) is 0 Å². The van der Waals surface area contributed by atoms with Gasteiger partial charge in [0.05, 0.1) is 16.8 Å². The highest BCUT2D eigenvalue weighted by Gasteiger charge is 2.40. The van der Waals surface area contributed by atoms with Crippen LogP contribution in [0.2, 0.25) is 0 Å². The minimum absolute atomic E-state index is 0.0115. The molecule has 1 heterocycles. The van der Waals surface area contributed by atoms with Crippen molar-refractivity contribution in [1.29, 1.82) is 0 Å². The lowest BCUT2D eigenvalue weighted by atomic mass is 10.0. The quantitative estimate of drug-likeness (QED) is 0.350. The molecular weight excluding hydrogens is 448 g/mol. The molecule has 0 saturated carbocycles. The summed E-state index contributed by atoms with van der Waals surface area (Å²) < 4.78 is 53.0. The number of carbonyl (C=O) groups is 2. The zero-order valence-corrected chi connectivity index (χ0v) is 18.3. The van der Waals surface area contributed by atoms with Crippen LogP contribution in [0.4, 0.5) is 28.9 Å². The van der Waals surface area contributed by atoms with Crippen LogP contribution in [0.15, 0.2) is 78.5 Å². The Morgan fingerprint density at radius 1 is 0.853 bits per heavy atom. The van der Waals surface area contributed by atoms with E-state index in [0.29, 0.717) is 5.69 Å². The highest BCUT2D eigenvalue weighted by atomic mass is 19.4. The molecule has 3 aromatic carbocycles. The van der Waals surface area contributed by atoms with Crippen LogP contribution in [0, 0.1) is 5.82 Å². The molecule has 4 rings (SSSR count). The molecule has 0 bridgehead atoms. The summed E-state index contributed by atoms with van der Waals surface area (Å²) in [6, 6.07) is 16.2. The molecule has 0 atom stereocenters. The van der Waals surface area contributed by atoms with Gasteiger partial charge in [-0.2, -0.15) is 13.2 Å². The lowest BCUT2D eigenvalue weighted by molar-refractivity contribution is -0.137. The summed E-state index contributed by atoms with van der Waals surface area (Å²) in [6.45, 7) is 4.01. The van der Waals surface area contributed by atoms with Gasteiger partial charge >= 0.3 is 6.18 Å². The number of nitrogens with one attached hydrogen (secondary N) is 1. The first-order chi connectivity index (χ1) is 16.1. The number of alkyl halides is 3. The average Bonchev–Trinajstić information content (AvgIpc) is 3.03. The van der Waals surface area contributed by atoms with Gasteiger partial charge in [0.2, 0.25) is 0 Å². The van der Waals surface area contributed by atoms with E-state index < -0.39 is 29.4 Å². The smallest absolute Gasteiger partial charge is 0.350 e. The van der Waals surface area contributed by atoms with Crippen LogP contribution in [0.1, 0.15) is 36.5 Å². The van der Waals surface area contributed by atoms with Crippen LogP contribution in [0.5, 0.6) is 0 Å². The molecule has 4 nitrogen and oxygen atoms in total. The third-order valence-electron chi connectivity index (χ3n) is 5.49. The molecule has 0 aliphatic carbocycles. The molecule has 3 aromatic rings. The van der Waals surface area contributed by atoms with E-state index in [0.717, 1.165) is 34.7 Å². The lowest BCUT2D eigenvalue weighted by Crippen LogP contribution is -2.32. The summed E-state index contributed by atoms with van der Waals surface area (Å²) in [4.78, 5) is 27.7. The molecule has 34 heavy (non-hydrogen) atoms. The van der Waals surface area contributed by atoms with E-state index in [9.17, 15) is 27.2 Å². The van der Waals surface area contributed by atoms with Crippen molar-refractivity contribution < 1.29 is 27.2 Å². The molecule has 8 heteroatoms. The summed E-state index contributed by atoms with van der Waals surface area (Å²) in [5.74, 6) is -1.68. The molecule has 0 radical (unpaired) electrons. The van der Waals surface area contributed by atoms with Crippen LogP contribution in [0.25, 0.3) is 5.57 Å². The van der Waals surface area contributed by atoms with Gasteiger partial charge in [-0.25, -0.2) is 9.29 Å². The third kappa shape index (κ3) is 4.44. The Morgan fingerprint density at radius 3 is 2.09 bits per heavy atom. The normalized spacial score (nSPS) is 14.4. The van der Waals surface area contributed by atoms with Crippen LogP contribution < -0.4 is 10.2 Å². The summed E-state index contributed by atoms with van der Waals surface area (Å²) >= 11 is 0. The predicted octanol–water partition coefficient (Wildman–Crippen LogP) is 6.36. The van der Waals surface area contributed by atoms with E-state index in [4.69, 9.17) is 0 Å². The third-order valence-corrected chi connectivity index (χ3v) is 5.49. The topological polar surface area (TPSA) is 49.4 Å². The van der Waals surface area contributed by atoms with Crippen molar-refractivity contribution in [1.82, 2.24) is 0 Å². The fraction of sp³-hybridized carbons (Fsp3) is 0.154. The average molecular weight is 468 g/mol. The van der Waals surface area contributed by atoms with E-state index in [1.54, 1.807) is 24.3 Å². The van der Waals surface area contributed by atoms with E-state index in [-0.39, 0.29) is 28.4 Å². The monoisotopic (exact) mass is 468 g/mol. The van der Waals surface area contributed by atoms with Crippen LogP contribution in [-0.4, -0.2) is 11.8 Å². The van der Waals surface area contributed by atoms with Gasteiger partial charge in [-0.05, 0) is 59.5 Å². The second-order valence-electron chi connectivity index (χ2n) is 8.15. The van der Waals surface area contributed by atoms with E-state index in [1.165, 1.54) is 24.3 Å². The molecule has 1 aliphatic rings. The number of hydrogen-bond acceptors (Lipinski definition) is 3. The van der Waals surface area contributed by atoms with E-state index in [1.807, 2.05) is 13.8 Å². The molecule has 1 aliphatic heterocycles. The van der Waals surface area contributed by atoms with Gasteiger partial charge in [0.25, 0.3) is 11.8 Å². The van der Waals surface area contributed by atoms with Crippen LogP contribution in [-0.2, 0) is 15.8 Å². The largest absolute Gasteiger partial charge is 0.416 e. The zero-order valence-electron chi connectivity index (χ0n) is 18.3. The van der Waals surface area contributed by atoms with Gasteiger partial charge in [-0.15, -0.1) is 0 Å². The SMILES string of the molecule is CC(C)c1ccc(N2C(=O)C(Nc3cccc(C(F)(F)F)c3)=C(c3ccc(F)cc3)C2=O)cc1. The second kappa shape index (κ2) is 8.78. The number of hydrogen-bond donors (Lipinski definition) is 1. The Labute approximate surface area is 193 Å². The standard InChI is InChI=1S/C26H20F4N2O2/c1-15(2)16-8-12-21(13-9-16)32-24(33)22(17-6-10-19(27)11-7-17)23(25(32)34)31-20-5-3-4-18(14-20)26(28,29)30/h3-15,31H,1-2H3. The Kier molecular flexibility index (Phi) is 6.00. The number of halogens is 4. The van der Waals surface area contributed by atoms with Crippen molar-refractivity contribution in [2.45, 2.75) is 25.9 Å². The van der Waals surface area contributed by atoms with E-state index >= 15 is 0 Å². The maximum atomic E-state index is 13.5. The number of nitrogens with zero attached hydrogens (tertiary/aromatic N) is 1. The molecular formula is C26H20F4N2O2. The van der Waals surface area contributed by atoms with Gasteiger partial charge in [-0.3, -0.25) is 9.59 Å². The van der Waals surface area contributed by atoms with Gasteiger partial charge in [0.1, 0.15) is 11.5 Å². The summed E-state index contributed by atoms with van der Waals surface area (Å²) in [5, 5.41) is 2.70. The van der Waals surface area contributed by atoms with Crippen molar-refractivity contribution in [3.05, 3.63) is 101 Å². The van der Waals surface area contributed by atoms with E-state index in [2.05, 4.69) is 5.32 Å². The second-order valence-corrected chi connectivity index (χ2v) is 8.15. The molecule has 0 unspecified atom stereocenters. The fourth-order valence-corrected chi connectivity index (χ4v) is 3.69. The summed E-state index contributed by atoms with van der Waals surface area (Å²) in [6.07, 6.45) is -4.58. The van der Waals surface area contributed by atoms with Gasteiger partial charge in [-0.1, -0.05) is 44.2 Å². The summed E-state index contributed by atoms with van der Waals surface area (Å²) in [5.41, 5.74) is 0.424. The minimum Gasteiger partial charge on any atom is -0.350 e. The minimum atomic E-state index is -4.58. The number of carbonyl (C=O) groups excluding carboxylic acids is 2. The van der Waals surface area contributed by atoms with Crippen molar-refractivity contribution >= 4 is 28.8 Å². The number of benzene rings is 3.